The number of aliphatic carboxylic acids is 1. The SMILES string of the molecule is CCC1C[C@]1(NC(=O)[C@@H]1C[C@@H](Oc2cc(-c3csc(NC(C)C)n3)nc3cc(OCCO)ccc23)CN1C(=O)[C@@H](NC(=O)O[C@@H]1C[C@@H]2C[C@@H]2C1)C(C)(C)C)C(=O)O. The lowest BCUT2D eigenvalue weighted by molar-refractivity contribution is -0.146. The first-order valence-electron chi connectivity index (χ1n) is 20.0. The van der Waals surface area contributed by atoms with E-state index in [0.29, 0.717) is 58.5 Å². The Morgan fingerprint density at radius 2 is 1.79 bits per heavy atom. The van der Waals surface area contributed by atoms with Crippen LogP contribution in [0.15, 0.2) is 29.6 Å². The van der Waals surface area contributed by atoms with E-state index in [-0.39, 0.29) is 44.2 Å². The molecule has 4 fully saturated rings. The number of aromatic nitrogens is 2. The van der Waals surface area contributed by atoms with Gasteiger partial charge in [-0.3, -0.25) is 9.59 Å². The van der Waals surface area contributed by atoms with Crippen molar-refractivity contribution in [1.82, 2.24) is 25.5 Å². The summed E-state index contributed by atoms with van der Waals surface area (Å²) < 4.78 is 18.2. The Bertz CT molecular complexity index is 2010. The molecule has 3 aliphatic carbocycles. The fraction of sp³-hybridized carbons (Fsp3) is 0.610. The lowest BCUT2D eigenvalue weighted by Gasteiger charge is -2.35. The number of pyridine rings is 1. The van der Waals surface area contributed by atoms with E-state index in [9.17, 15) is 29.4 Å². The molecule has 1 saturated heterocycles. The van der Waals surface area contributed by atoms with Crippen molar-refractivity contribution in [3.8, 4) is 22.9 Å². The lowest BCUT2D eigenvalue weighted by atomic mass is 9.85. The van der Waals surface area contributed by atoms with Gasteiger partial charge in [0.2, 0.25) is 11.8 Å². The third kappa shape index (κ3) is 8.76. The van der Waals surface area contributed by atoms with Crippen molar-refractivity contribution in [1.29, 1.82) is 0 Å². The highest BCUT2D eigenvalue weighted by Gasteiger charge is 2.61. The third-order valence-corrected chi connectivity index (χ3v) is 12.4. The summed E-state index contributed by atoms with van der Waals surface area (Å²) in [6.45, 7) is 11.4. The molecule has 3 amide bonds. The zero-order valence-corrected chi connectivity index (χ0v) is 34.2. The molecule has 0 spiro atoms. The number of nitrogens with zero attached hydrogens (tertiary/aromatic N) is 3. The van der Waals surface area contributed by atoms with Gasteiger partial charge in [0.1, 0.15) is 53.6 Å². The van der Waals surface area contributed by atoms with Crippen molar-refractivity contribution in [3.63, 3.8) is 0 Å². The van der Waals surface area contributed by atoms with Crippen molar-refractivity contribution >= 4 is 51.2 Å². The zero-order chi connectivity index (χ0) is 40.8. The predicted molar refractivity (Wildman–Crippen MR) is 213 cm³/mol. The van der Waals surface area contributed by atoms with Crippen LogP contribution in [0, 0.1) is 23.2 Å². The summed E-state index contributed by atoms with van der Waals surface area (Å²) in [6.07, 6.45) is 2.18. The highest BCUT2D eigenvalue weighted by atomic mass is 32.1. The maximum Gasteiger partial charge on any atom is 0.408 e. The van der Waals surface area contributed by atoms with Crippen LogP contribution in [-0.2, 0) is 19.1 Å². The fourth-order valence-corrected chi connectivity index (χ4v) is 9.24. The van der Waals surface area contributed by atoms with E-state index in [0.717, 1.165) is 18.0 Å². The summed E-state index contributed by atoms with van der Waals surface area (Å²) in [4.78, 5) is 65.6. The minimum absolute atomic E-state index is 0.0144. The molecule has 2 aromatic heterocycles. The van der Waals surface area contributed by atoms with Gasteiger partial charge in [-0.1, -0.05) is 34.1 Å². The number of benzene rings is 1. The lowest BCUT2D eigenvalue weighted by Crippen LogP contribution is -2.59. The molecule has 8 atom stereocenters. The number of thiazole rings is 1. The van der Waals surface area contributed by atoms with Crippen LogP contribution in [0.1, 0.15) is 80.1 Å². The Balaban J connectivity index is 1.19. The van der Waals surface area contributed by atoms with Crippen LogP contribution in [0.5, 0.6) is 11.5 Å². The minimum Gasteiger partial charge on any atom is -0.491 e. The van der Waals surface area contributed by atoms with Gasteiger partial charge >= 0.3 is 12.1 Å². The van der Waals surface area contributed by atoms with Crippen LogP contribution >= 0.6 is 11.3 Å². The number of carbonyl (C=O) groups excluding carboxylic acids is 3. The topological polar surface area (TPSA) is 202 Å². The normalized spacial score (nSPS) is 26.8. The van der Waals surface area contributed by atoms with Gasteiger partial charge in [-0.25, -0.2) is 19.6 Å². The van der Waals surface area contributed by atoms with Gasteiger partial charge in [-0.2, -0.15) is 0 Å². The number of fused-ring (bicyclic) bond motifs is 2. The maximum atomic E-state index is 14.7. The first-order valence-corrected chi connectivity index (χ1v) is 20.9. The summed E-state index contributed by atoms with van der Waals surface area (Å²) >= 11 is 1.45. The molecule has 0 radical (unpaired) electrons. The maximum absolute atomic E-state index is 14.7. The monoisotopic (exact) mass is 806 g/mol. The number of hydrogen-bond donors (Lipinski definition) is 5. The molecule has 1 unspecified atom stereocenters. The molecule has 4 aliphatic rings. The number of carboxylic acid groups (broad SMARTS) is 1. The summed E-state index contributed by atoms with van der Waals surface area (Å²) in [5, 5.41) is 31.7. The van der Waals surface area contributed by atoms with Crippen molar-refractivity contribution < 1.29 is 43.6 Å². The Morgan fingerprint density at radius 1 is 1.04 bits per heavy atom. The van der Waals surface area contributed by atoms with E-state index in [4.69, 9.17) is 24.2 Å². The molecular weight excluding hydrogens is 753 g/mol. The van der Waals surface area contributed by atoms with Crippen molar-refractivity contribution in [2.24, 2.45) is 23.2 Å². The first kappa shape index (κ1) is 40.5. The summed E-state index contributed by atoms with van der Waals surface area (Å²) in [5.41, 5.74) is -0.490. The van der Waals surface area contributed by atoms with E-state index in [1.807, 2.05) is 46.9 Å². The molecule has 1 aliphatic heterocycles. The van der Waals surface area contributed by atoms with Gasteiger partial charge in [-0.05, 0) is 74.8 Å². The number of ether oxygens (including phenoxy) is 3. The molecular formula is C41H54N6O9S. The largest absolute Gasteiger partial charge is 0.491 e. The molecule has 16 heteroatoms. The van der Waals surface area contributed by atoms with Gasteiger partial charge in [0.15, 0.2) is 5.13 Å². The number of amides is 3. The molecule has 15 nitrogen and oxygen atoms in total. The number of nitrogens with one attached hydrogen (secondary N) is 3. The Labute approximate surface area is 336 Å². The molecule has 3 saturated carbocycles. The summed E-state index contributed by atoms with van der Waals surface area (Å²) in [5.74, 6) is -0.277. The molecule has 1 aromatic carbocycles. The highest BCUT2D eigenvalue weighted by Crippen LogP contribution is 2.52. The van der Waals surface area contributed by atoms with Gasteiger partial charge in [0.05, 0.1) is 24.4 Å². The number of alkyl carbamates (subject to hydrolysis) is 1. The highest BCUT2D eigenvalue weighted by molar-refractivity contribution is 7.14. The molecule has 308 valence electrons. The van der Waals surface area contributed by atoms with Crippen LogP contribution in [0.4, 0.5) is 9.93 Å². The zero-order valence-electron chi connectivity index (χ0n) is 33.4. The number of aliphatic hydroxyl groups excluding tert-OH is 1. The van der Waals surface area contributed by atoms with E-state index < -0.39 is 53.0 Å². The fourth-order valence-electron chi connectivity index (χ4n) is 8.38. The van der Waals surface area contributed by atoms with Crippen LogP contribution < -0.4 is 25.4 Å². The third-order valence-electron chi connectivity index (χ3n) is 11.6. The average molecular weight is 807 g/mol. The van der Waals surface area contributed by atoms with E-state index in [1.165, 1.54) is 22.7 Å². The van der Waals surface area contributed by atoms with Crippen LogP contribution in [-0.4, -0.2) is 105 Å². The minimum atomic E-state index is -1.41. The first-order chi connectivity index (χ1) is 27.1. The second-order valence-electron chi connectivity index (χ2n) is 17.3. The van der Waals surface area contributed by atoms with Gasteiger partial charge < -0.3 is 45.3 Å². The second-order valence-corrected chi connectivity index (χ2v) is 18.2. The molecule has 0 bridgehead atoms. The van der Waals surface area contributed by atoms with Crippen molar-refractivity contribution in [3.05, 3.63) is 29.6 Å². The number of rotatable bonds is 15. The van der Waals surface area contributed by atoms with Gasteiger partial charge in [0, 0.05) is 35.4 Å². The second kappa shape index (κ2) is 15.9. The van der Waals surface area contributed by atoms with Crippen LogP contribution in [0.2, 0.25) is 0 Å². The summed E-state index contributed by atoms with van der Waals surface area (Å²) in [6, 6.07) is 5.11. The number of carbonyl (C=O) groups is 4. The molecule has 3 aromatic rings. The predicted octanol–water partition coefficient (Wildman–Crippen LogP) is 5.21. The van der Waals surface area contributed by atoms with E-state index in [1.54, 1.807) is 24.3 Å². The molecule has 57 heavy (non-hydrogen) atoms. The molecule has 5 N–H and O–H groups in total. The summed E-state index contributed by atoms with van der Waals surface area (Å²) in [7, 11) is 0. The van der Waals surface area contributed by atoms with E-state index >= 15 is 0 Å². The Kier molecular flexibility index (Phi) is 11.3. The quantitative estimate of drug-likeness (QED) is 0.135. The Morgan fingerprint density at radius 3 is 2.44 bits per heavy atom. The van der Waals surface area contributed by atoms with Crippen LogP contribution in [0.3, 0.4) is 0 Å². The van der Waals surface area contributed by atoms with Crippen molar-refractivity contribution in [2.75, 3.05) is 25.1 Å². The van der Waals surface area contributed by atoms with Gasteiger partial charge in [0.25, 0.3) is 0 Å². The standard InChI is InChI=1S/C41H54N6O9S/c1-7-24-18-41(24,37(51)52)46-35(49)32-16-27(19-47(32)36(50)34(40(4,5)6)45-39(53)56-26-13-22-12-23(22)14-26)55-33-17-30(31-20-57-38(44-31)42-21(2)3)43-29-15-25(54-11-10-48)8-9-28(29)33/h8-9,15,17,20-24,26-27,32,34,48H,7,10-14,16,18-19H2,1-6H3,(H,42,44)(H,45,53)(H,46,49)(H,51,52)/t22-,23+,24?,26+,27-,32+,34-,41-/m1/s1. The van der Waals surface area contributed by atoms with Gasteiger partial charge in [-0.15, -0.1) is 11.3 Å². The molecule has 7 rings (SSSR count). The number of hydrogen-bond acceptors (Lipinski definition) is 12. The number of carboxylic acids is 1. The van der Waals surface area contributed by atoms with Crippen molar-refractivity contribution in [2.45, 2.75) is 116 Å². The number of anilines is 1. The number of likely N-dealkylation sites (tertiary alicyclic amines) is 1. The smallest absolute Gasteiger partial charge is 0.408 e. The van der Waals surface area contributed by atoms with Crippen LogP contribution in [0.25, 0.3) is 22.3 Å². The average Bonchev–Trinajstić information content (AvgIpc) is 3.82. The molecule has 3 heterocycles. The van der Waals surface area contributed by atoms with E-state index in [2.05, 4.69) is 16.0 Å². The Hall–Kier alpha value is -4.70. The number of aliphatic hydroxyl groups is 1.